The highest BCUT2D eigenvalue weighted by Crippen LogP contribution is 2.17. The van der Waals surface area contributed by atoms with Gasteiger partial charge in [0.2, 0.25) is 5.91 Å². The summed E-state index contributed by atoms with van der Waals surface area (Å²) in [4.78, 5) is 24.1. The number of carbonyl (C=O) groups is 2. The molecule has 2 N–H and O–H groups in total. The second-order valence-electron chi connectivity index (χ2n) is 7.51. The average molecular weight is 446 g/mol. The Morgan fingerprint density at radius 3 is 2.15 bits per heavy atom. The lowest BCUT2D eigenvalue weighted by Gasteiger charge is -2.09. The lowest BCUT2D eigenvalue weighted by atomic mass is 10.2. The predicted octanol–water partition coefficient (Wildman–Crippen LogP) is 4.47. The maximum atomic E-state index is 12.2. The van der Waals surface area contributed by atoms with Crippen molar-refractivity contribution in [2.75, 3.05) is 11.9 Å². The normalized spacial score (nSPS) is 10.9. The van der Waals surface area contributed by atoms with Crippen LogP contribution in [0.5, 0.6) is 11.5 Å². The van der Waals surface area contributed by atoms with Crippen LogP contribution in [0, 0.1) is 6.92 Å². The van der Waals surface area contributed by atoms with E-state index in [1.807, 2.05) is 49.4 Å². The van der Waals surface area contributed by atoms with Gasteiger partial charge in [-0.2, -0.15) is 5.10 Å². The molecule has 0 aromatic heterocycles. The Balaban J connectivity index is 1.38. The third-order valence-electron chi connectivity index (χ3n) is 4.57. The Morgan fingerprint density at radius 2 is 1.45 bits per heavy atom. The fourth-order valence-electron chi connectivity index (χ4n) is 2.83. The molecule has 0 heterocycles. The van der Waals surface area contributed by atoms with Crippen molar-refractivity contribution in [1.29, 1.82) is 0 Å². The molecule has 33 heavy (non-hydrogen) atoms. The van der Waals surface area contributed by atoms with E-state index in [0.29, 0.717) is 29.5 Å². The van der Waals surface area contributed by atoms with Crippen molar-refractivity contribution in [3.8, 4) is 11.5 Å². The van der Waals surface area contributed by atoms with Crippen molar-refractivity contribution >= 4 is 23.2 Å². The second-order valence-corrected chi connectivity index (χ2v) is 7.51. The number of benzene rings is 3. The zero-order chi connectivity index (χ0) is 23.5. The first-order valence-corrected chi connectivity index (χ1v) is 10.6. The first kappa shape index (κ1) is 23.5. The van der Waals surface area contributed by atoms with Crippen LogP contribution >= 0.6 is 0 Å². The Kier molecular flexibility index (Phi) is 8.59. The molecule has 7 nitrogen and oxygen atoms in total. The van der Waals surface area contributed by atoms with Crippen molar-refractivity contribution < 1.29 is 19.1 Å². The summed E-state index contributed by atoms with van der Waals surface area (Å²) in [5.74, 6) is 0.679. The number of ether oxygens (including phenoxy) is 2. The minimum atomic E-state index is -0.401. The number of nitrogens with one attached hydrogen (secondary N) is 2. The monoisotopic (exact) mass is 445 g/mol. The van der Waals surface area contributed by atoms with Gasteiger partial charge in [-0.15, -0.1) is 0 Å². The predicted molar refractivity (Wildman–Crippen MR) is 128 cm³/mol. The highest BCUT2D eigenvalue weighted by molar-refractivity contribution is 6.05. The fraction of sp³-hybridized carbons (Fsp3) is 0.192. The molecule has 170 valence electrons. The molecule has 0 aliphatic carbocycles. The van der Waals surface area contributed by atoms with Crippen LogP contribution in [0.2, 0.25) is 0 Å². The Morgan fingerprint density at radius 1 is 0.818 bits per heavy atom. The fourth-order valence-corrected chi connectivity index (χ4v) is 2.83. The highest BCUT2D eigenvalue weighted by Gasteiger charge is 2.07. The topological polar surface area (TPSA) is 89.0 Å². The van der Waals surface area contributed by atoms with Gasteiger partial charge < -0.3 is 14.8 Å². The molecule has 7 heteroatoms. The van der Waals surface area contributed by atoms with E-state index in [2.05, 4.69) is 15.8 Å². The maximum absolute atomic E-state index is 12.2. The minimum Gasteiger partial charge on any atom is -0.489 e. The molecule has 0 atom stereocenters. The smallest absolute Gasteiger partial charge is 0.277 e. The largest absolute Gasteiger partial charge is 0.489 e. The molecule has 0 radical (unpaired) electrons. The van der Waals surface area contributed by atoms with E-state index in [4.69, 9.17) is 9.47 Å². The molecular weight excluding hydrogens is 418 g/mol. The number of hydrogen-bond donors (Lipinski definition) is 2. The quantitative estimate of drug-likeness (QED) is 0.356. The number of nitrogens with zero attached hydrogens (tertiary/aromatic N) is 1. The number of carbonyl (C=O) groups excluding carboxylic acids is 2. The van der Waals surface area contributed by atoms with E-state index in [1.54, 1.807) is 43.3 Å². The Labute approximate surface area is 193 Å². The molecule has 0 bridgehead atoms. The number of aryl methyl sites for hydroxylation is 1. The number of amides is 2. The molecule has 2 amide bonds. The van der Waals surface area contributed by atoms with E-state index in [0.717, 1.165) is 11.1 Å². The molecule has 0 saturated carbocycles. The van der Waals surface area contributed by atoms with Gasteiger partial charge in [0.1, 0.15) is 18.1 Å². The Hall–Kier alpha value is -4.13. The summed E-state index contributed by atoms with van der Waals surface area (Å²) in [6, 6.07) is 24.4. The summed E-state index contributed by atoms with van der Waals surface area (Å²) in [5, 5.41) is 6.76. The molecule has 0 spiro atoms. The molecule has 3 rings (SSSR count). The van der Waals surface area contributed by atoms with Gasteiger partial charge >= 0.3 is 0 Å². The van der Waals surface area contributed by atoms with Crippen LogP contribution in [0.4, 0.5) is 5.69 Å². The number of hydrogen-bond acceptors (Lipinski definition) is 5. The van der Waals surface area contributed by atoms with Gasteiger partial charge in [0.05, 0.1) is 6.42 Å². The molecule has 0 aliphatic heterocycles. The average Bonchev–Trinajstić information content (AvgIpc) is 2.82. The number of rotatable bonds is 10. The van der Waals surface area contributed by atoms with Gasteiger partial charge in [0.25, 0.3) is 5.91 Å². The summed E-state index contributed by atoms with van der Waals surface area (Å²) < 4.78 is 11.1. The molecule has 0 fully saturated rings. The summed E-state index contributed by atoms with van der Waals surface area (Å²) in [5.41, 5.74) is 5.71. The minimum absolute atomic E-state index is 0.0470. The van der Waals surface area contributed by atoms with Crippen LogP contribution in [0.25, 0.3) is 0 Å². The van der Waals surface area contributed by atoms with E-state index in [1.165, 1.54) is 0 Å². The molecule has 3 aromatic carbocycles. The third kappa shape index (κ3) is 8.49. The molecule has 0 aliphatic rings. The Bertz CT molecular complexity index is 1080. The van der Waals surface area contributed by atoms with Crippen LogP contribution in [0.15, 0.2) is 84.0 Å². The van der Waals surface area contributed by atoms with Crippen molar-refractivity contribution in [3.63, 3.8) is 0 Å². The summed E-state index contributed by atoms with van der Waals surface area (Å²) >= 11 is 0. The molecule has 0 unspecified atom stereocenters. The van der Waals surface area contributed by atoms with Crippen LogP contribution in [0.1, 0.15) is 24.5 Å². The first-order chi connectivity index (χ1) is 16.0. The summed E-state index contributed by atoms with van der Waals surface area (Å²) in [7, 11) is 0. The molecule has 0 saturated heterocycles. The maximum Gasteiger partial charge on any atom is 0.277 e. The van der Waals surface area contributed by atoms with Gasteiger partial charge in [0.15, 0.2) is 6.61 Å². The van der Waals surface area contributed by atoms with E-state index in [9.17, 15) is 9.59 Å². The summed E-state index contributed by atoms with van der Waals surface area (Å²) in [6.07, 6.45) is 0.0470. The van der Waals surface area contributed by atoms with Gasteiger partial charge in [-0.05, 0) is 55.8 Å². The van der Waals surface area contributed by atoms with Crippen molar-refractivity contribution in [2.24, 2.45) is 5.10 Å². The second kappa shape index (κ2) is 12.0. The molecule has 3 aromatic rings. The molecular formula is C26H27N3O4. The van der Waals surface area contributed by atoms with Gasteiger partial charge in [-0.25, -0.2) is 5.43 Å². The zero-order valence-electron chi connectivity index (χ0n) is 18.7. The van der Waals surface area contributed by atoms with Gasteiger partial charge in [0, 0.05) is 11.4 Å². The zero-order valence-corrected chi connectivity index (χ0v) is 18.7. The van der Waals surface area contributed by atoms with Crippen molar-refractivity contribution in [1.82, 2.24) is 5.43 Å². The van der Waals surface area contributed by atoms with Crippen LogP contribution in [-0.4, -0.2) is 24.1 Å². The lowest BCUT2D eigenvalue weighted by molar-refractivity contribution is -0.123. The van der Waals surface area contributed by atoms with Crippen molar-refractivity contribution in [3.05, 3.63) is 90.0 Å². The van der Waals surface area contributed by atoms with Crippen molar-refractivity contribution in [2.45, 2.75) is 26.9 Å². The van der Waals surface area contributed by atoms with E-state index < -0.39 is 5.91 Å². The SMILES string of the molecule is CC(CC(=O)Nc1ccc(OCc2ccccc2)cc1)=NNC(=O)COc1ccc(C)cc1. The van der Waals surface area contributed by atoms with Gasteiger partial charge in [-0.1, -0.05) is 48.0 Å². The van der Waals surface area contributed by atoms with E-state index >= 15 is 0 Å². The summed E-state index contributed by atoms with van der Waals surface area (Å²) in [6.45, 7) is 3.96. The van der Waals surface area contributed by atoms with Gasteiger partial charge in [-0.3, -0.25) is 9.59 Å². The van der Waals surface area contributed by atoms with E-state index in [-0.39, 0.29) is 18.9 Å². The number of anilines is 1. The lowest BCUT2D eigenvalue weighted by Crippen LogP contribution is -2.26. The van der Waals surface area contributed by atoms with Crippen LogP contribution in [-0.2, 0) is 16.2 Å². The number of hydrazone groups is 1. The standard InChI is InChI=1S/C26H27N3O4/c1-19-8-12-23(13-9-19)33-18-26(31)29-28-20(2)16-25(30)27-22-10-14-24(15-11-22)32-17-21-6-4-3-5-7-21/h3-15H,16-18H2,1-2H3,(H,27,30)(H,29,31). The highest BCUT2D eigenvalue weighted by atomic mass is 16.5. The van der Waals surface area contributed by atoms with Crippen LogP contribution in [0.3, 0.4) is 0 Å². The van der Waals surface area contributed by atoms with Crippen LogP contribution < -0.4 is 20.2 Å². The first-order valence-electron chi connectivity index (χ1n) is 10.6. The third-order valence-corrected chi connectivity index (χ3v) is 4.57.